The lowest BCUT2D eigenvalue weighted by Gasteiger charge is -2.29. The van der Waals surface area contributed by atoms with Gasteiger partial charge in [-0.05, 0) is 55.8 Å². The Morgan fingerprint density at radius 1 is 1.20 bits per heavy atom. The van der Waals surface area contributed by atoms with E-state index in [9.17, 15) is 4.79 Å². The number of pyridine rings is 1. The van der Waals surface area contributed by atoms with E-state index >= 15 is 0 Å². The van der Waals surface area contributed by atoms with Gasteiger partial charge in [-0.2, -0.15) is 0 Å². The van der Waals surface area contributed by atoms with E-state index < -0.39 is 0 Å². The van der Waals surface area contributed by atoms with Crippen LogP contribution < -0.4 is 20.7 Å². The van der Waals surface area contributed by atoms with Crippen molar-refractivity contribution < 1.29 is 9.53 Å². The Morgan fingerprint density at radius 2 is 1.97 bits per heavy atom. The number of aliphatic imine (C=N–C) groups is 1. The molecule has 8 nitrogen and oxygen atoms in total. The Bertz CT molecular complexity index is 819. The summed E-state index contributed by atoms with van der Waals surface area (Å²) in [5, 5.41) is 9.24. The highest BCUT2D eigenvalue weighted by Crippen LogP contribution is 2.26. The molecule has 160 valence electrons. The lowest BCUT2D eigenvalue weighted by Crippen LogP contribution is -2.44. The van der Waals surface area contributed by atoms with Crippen molar-refractivity contribution in [3.8, 4) is 5.75 Å². The van der Waals surface area contributed by atoms with Gasteiger partial charge in [0.1, 0.15) is 5.75 Å². The minimum absolute atomic E-state index is 0.117. The third kappa shape index (κ3) is 6.18. The Hall–Kier alpha value is -3.13. The molecule has 1 amide bonds. The molecule has 1 aromatic carbocycles. The molecule has 1 aliphatic rings. The molecule has 2 aromatic rings. The largest absolute Gasteiger partial charge is 0.497 e. The fraction of sp³-hybridized carbons (Fsp3) is 0.409. The van der Waals surface area contributed by atoms with Gasteiger partial charge in [0.25, 0.3) is 0 Å². The molecule has 3 rings (SSSR count). The van der Waals surface area contributed by atoms with Crippen molar-refractivity contribution in [2.75, 3.05) is 45.7 Å². The third-order valence-corrected chi connectivity index (χ3v) is 5.13. The van der Waals surface area contributed by atoms with Gasteiger partial charge in [-0.1, -0.05) is 12.1 Å². The van der Waals surface area contributed by atoms with Gasteiger partial charge in [0, 0.05) is 19.8 Å². The Kier molecular flexibility index (Phi) is 8.02. The van der Waals surface area contributed by atoms with Gasteiger partial charge in [0.05, 0.1) is 31.6 Å². The van der Waals surface area contributed by atoms with E-state index in [-0.39, 0.29) is 18.5 Å². The van der Waals surface area contributed by atoms with E-state index in [0.717, 1.165) is 18.8 Å². The average molecular weight is 411 g/mol. The summed E-state index contributed by atoms with van der Waals surface area (Å²) in [6, 6.07) is 12.0. The first-order chi connectivity index (χ1) is 14.7. The second-order valence-corrected chi connectivity index (χ2v) is 7.13. The number of aromatic nitrogens is 1. The number of hydrogen-bond acceptors (Lipinski definition) is 5. The SMILES string of the molecule is CN=C(NCC(=O)Nc1cccnc1)NCC(c1ccc(OC)cc1)N1CCCC1. The first-order valence-electron chi connectivity index (χ1n) is 10.2. The molecule has 30 heavy (non-hydrogen) atoms. The molecular formula is C22H30N6O2. The van der Waals surface area contributed by atoms with Gasteiger partial charge in [-0.15, -0.1) is 0 Å². The van der Waals surface area contributed by atoms with Crippen LogP contribution in [0.3, 0.4) is 0 Å². The highest BCUT2D eigenvalue weighted by atomic mass is 16.5. The van der Waals surface area contributed by atoms with Crippen LogP contribution in [0.2, 0.25) is 0 Å². The molecule has 1 saturated heterocycles. The van der Waals surface area contributed by atoms with Gasteiger partial charge in [0.2, 0.25) is 5.91 Å². The summed E-state index contributed by atoms with van der Waals surface area (Å²) in [5.41, 5.74) is 1.90. The number of nitrogens with one attached hydrogen (secondary N) is 3. The Morgan fingerprint density at radius 3 is 2.60 bits per heavy atom. The maximum Gasteiger partial charge on any atom is 0.243 e. The second kappa shape index (κ2) is 11.2. The number of amides is 1. The number of carbonyl (C=O) groups is 1. The highest BCUT2D eigenvalue weighted by Gasteiger charge is 2.23. The predicted molar refractivity (Wildman–Crippen MR) is 119 cm³/mol. The van der Waals surface area contributed by atoms with E-state index in [2.05, 4.69) is 43.0 Å². The molecule has 3 N–H and O–H groups in total. The summed E-state index contributed by atoms with van der Waals surface area (Å²) >= 11 is 0. The van der Waals surface area contributed by atoms with Gasteiger partial charge >= 0.3 is 0 Å². The van der Waals surface area contributed by atoms with Gasteiger partial charge in [0.15, 0.2) is 5.96 Å². The molecule has 1 atom stereocenters. The summed E-state index contributed by atoms with van der Waals surface area (Å²) in [6.07, 6.45) is 5.71. The normalized spacial score (nSPS) is 15.5. The minimum Gasteiger partial charge on any atom is -0.497 e. The fourth-order valence-electron chi connectivity index (χ4n) is 3.56. The number of hydrogen-bond donors (Lipinski definition) is 3. The number of anilines is 1. The van der Waals surface area contributed by atoms with Crippen LogP contribution in [0.4, 0.5) is 5.69 Å². The number of carbonyl (C=O) groups excluding carboxylic acids is 1. The lowest BCUT2D eigenvalue weighted by atomic mass is 10.1. The maximum absolute atomic E-state index is 12.2. The summed E-state index contributed by atoms with van der Waals surface area (Å²) in [5.74, 6) is 1.29. The van der Waals surface area contributed by atoms with E-state index in [0.29, 0.717) is 18.2 Å². The smallest absolute Gasteiger partial charge is 0.243 e. The monoisotopic (exact) mass is 410 g/mol. The van der Waals surface area contributed by atoms with Crippen LogP contribution >= 0.6 is 0 Å². The van der Waals surface area contributed by atoms with Crippen molar-refractivity contribution in [3.05, 3.63) is 54.4 Å². The molecule has 1 aliphatic heterocycles. The van der Waals surface area contributed by atoms with Gasteiger partial charge < -0.3 is 20.7 Å². The van der Waals surface area contributed by atoms with Crippen molar-refractivity contribution in [1.29, 1.82) is 0 Å². The molecular weight excluding hydrogens is 380 g/mol. The van der Waals surface area contributed by atoms with Crippen LogP contribution in [-0.4, -0.2) is 62.1 Å². The van der Waals surface area contributed by atoms with Gasteiger partial charge in [-0.25, -0.2) is 0 Å². The number of ether oxygens (including phenoxy) is 1. The summed E-state index contributed by atoms with van der Waals surface area (Å²) in [6.45, 7) is 2.97. The van der Waals surface area contributed by atoms with E-state index in [1.807, 2.05) is 12.1 Å². The van der Waals surface area contributed by atoms with Crippen LogP contribution in [0.5, 0.6) is 5.75 Å². The Labute approximate surface area is 177 Å². The Balaban J connectivity index is 1.55. The van der Waals surface area contributed by atoms with Crippen LogP contribution in [-0.2, 0) is 4.79 Å². The zero-order valence-corrected chi connectivity index (χ0v) is 17.6. The number of benzene rings is 1. The van der Waals surface area contributed by atoms with Crippen LogP contribution in [0, 0.1) is 0 Å². The average Bonchev–Trinajstić information content (AvgIpc) is 3.31. The van der Waals surface area contributed by atoms with Crippen LogP contribution in [0.1, 0.15) is 24.4 Å². The van der Waals surface area contributed by atoms with Crippen LogP contribution in [0.15, 0.2) is 53.8 Å². The molecule has 8 heteroatoms. The second-order valence-electron chi connectivity index (χ2n) is 7.13. The molecule has 0 radical (unpaired) electrons. The highest BCUT2D eigenvalue weighted by molar-refractivity contribution is 5.94. The van der Waals surface area contributed by atoms with E-state index in [1.54, 1.807) is 38.7 Å². The predicted octanol–water partition coefficient (Wildman–Crippen LogP) is 2.03. The quantitative estimate of drug-likeness (QED) is 0.456. The molecule has 0 aliphatic carbocycles. The first kappa shape index (κ1) is 21.6. The molecule has 0 saturated carbocycles. The molecule has 1 unspecified atom stereocenters. The number of likely N-dealkylation sites (tertiary alicyclic amines) is 1. The minimum atomic E-state index is -0.155. The van der Waals surface area contributed by atoms with Gasteiger partial charge in [-0.3, -0.25) is 19.7 Å². The fourth-order valence-corrected chi connectivity index (χ4v) is 3.56. The molecule has 0 bridgehead atoms. The first-order valence-corrected chi connectivity index (χ1v) is 10.2. The third-order valence-electron chi connectivity index (χ3n) is 5.13. The van der Waals surface area contributed by atoms with Crippen molar-refractivity contribution in [3.63, 3.8) is 0 Å². The summed E-state index contributed by atoms with van der Waals surface area (Å²) in [7, 11) is 3.38. The van der Waals surface area contributed by atoms with Crippen molar-refractivity contribution in [2.45, 2.75) is 18.9 Å². The van der Waals surface area contributed by atoms with E-state index in [4.69, 9.17) is 4.74 Å². The number of methoxy groups -OCH3 is 1. The zero-order valence-electron chi connectivity index (χ0n) is 17.6. The topological polar surface area (TPSA) is 90.9 Å². The van der Waals surface area contributed by atoms with Crippen LogP contribution in [0.25, 0.3) is 0 Å². The number of nitrogens with zero attached hydrogens (tertiary/aromatic N) is 3. The van der Waals surface area contributed by atoms with Crippen molar-refractivity contribution in [2.24, 2.45) is 4.99 Å². The lowest BCUT2D eigenvalue weighted by molar-refractivity contribution is -0.115. The number of guanidine groups is 1. The standard InChI is InChI=1S/C22H30N6O2/c1-23-22(26-16-21(29)27-18-6-5-11-24-14-18)25-15-20(28-12-3-4-13-28)17-7-9-19(30-2)10-8-17/h5-11,14,20H,3-4,12-13,15-16H2,1-2H3,(H,27,29)(H2,23,25,26). The molecule has 2 heterocycles. The van der Waals surface area contributed by atoms with Crippen molar-refractivity contribution in [1.82, 2.24) is 20.5 Å². The summed E-state index contributed by atoms with van der Waals surface area (Å²) in [4.78, 5) is 22.9. The van der Waals surface area contributed by atoms with Crippen molar-refractivity contribution >= 4 is 17.6 Å². The molecule has 1 aromatic heterocycles. The summed E-state index contributed by atoms with van der Waals surface area (Å²) < 4.78 is 5.29. The molecule has 1 fully saturated rings. The maximum atomic E-state index is 12.2. The van der Waals surface area contributed by atoms with E-state index in [1.165, 1.54) is 18.4 Å². The molecule has 0 spiro atoms. The number of rotatable bonds is 8. The zero-order chi connectivity index (χ0) is 21.2.